The van der Waals surface area contributed by atoms with Crippen molar-refractivity contribution < 1.29 is 9.90 Å². The molecular formula is C6H8O2. The third-order valence-corrected chi connectivity index (χ3v) is 1.21. The second-order valence-electron chi connectivity index (χ2n) is 1.88. The molecule has 0 saturated heterocycles. The highest BCUT2D eigenvalue weighted by atomic mass is 16.3. The number of allylic oxidation sites excluding steroid dienone is 1. The number of hydrogen-bond acceptors (Lipinski definition) is 2. The fourth-order valence-electron chi connectivity index (χ4n) is 0.706. The summed E-state index contributed by atoms with van der Waals surface area (Å²) in [4.78, 5) is 10.5. The highest BCUT2D eigenvalue weighted by Gasteiger charge is 2.12. The first kappa shape index (κ1) is 5.51. The van der Waals surface area contributed by atoms with Gasteiger partial charge in [-0.1, -0.05) is 12.2 Å². The molecular weight excluding hydrogens is 104 g/mol. The van der Waals surface area contributed by atoms with Crippen LogP contribution in [0.3, 0.4) is 0 Å². The van der Waals surface area contributed by atoms with E-state index in [0.717, 1.165) is 6.42 Å². The number of carbonyl (C=O) groups is 1. The van der Waals surface area contributed by atoms with Crippen molar-refractivity contribution in [1.82, 2.24) is 0 Å². The van der Waals surface area contributed by atoms with Gasteiger partial charge in [-0.3, -0.25) is 4.79 Å². The number of ketones is 1. The van der Waals surface area contributed by atoms with Crippen LogP contribution in [0.4, 0.5) is 0 Å². The van der Waals surface area contributed by atoms with Crippen LogP contribution in [0, 0.1) is 0 Å². The van der Waals surface area contributed by atoms with Crippen LogP contribution in [-0.2, 0) is 4.79 Å². The minimum absolute atomic E-state index is 0.0625. The molecule has 0 amide bonds. The van der Waals surface area contributed by atoms with Crippen LogP contribution in [0.15, 0.2) is 12.2 Å². The van der Waals surface area contributed by atoms with E-state index < -0.39 is 6.10 Å². The average Bonchev–Trinajstić information content (AvgIpc) is 1.77. The van der Waals surface area contributed by atoms with Crippen LogP contribution >= 0.6 is 0 Å². The zero-order valence-corrected chi connectivity index (χ0v) is 4.50. The molecule has 0 spiro atoms. The SMILES string of the molecule is O=C1CCC=CC1O. The molecule has 1 N–H and O–H groups in total. The fraction of sp³-hybridized carbons (Fsp3) is 0.500. The summed E-state index contributed by atoms with van der Waals surface area (Å²) in [6, 6.07) is 0. The Labute approximate surface area is 47.8 Å². The molecule has 0 saturated carbocycles. The van der Waals surface area contributed by atoms with Crippen LogP contribution in [0.2, 0.25) is 0 Å². The minimum Gasteiger partial charge on any atom is -0.381 e. The smallest absolute Gasteiger partial charge is 0.165 e. The molecule has 1 atom stereocenters. The summed E-state index contributed by atoms with van der Waals surface area (Å²) in [5.74, 6) is -0.0625. The van der Waals surface area contributed by atoms with Crippen molar-refractivity contribution in [3.05, 3.63) is 12.2 Å². The van der Waals surface area contributed by atoms with Crippen molar-refractivity contribution in [3.63, 3.8) is 0 Å². The number of Topliss-reactive ketones (excluding diaryl/α,β-unsaturated/α-hetero) is 1. The molecule has 0 radical (unpaired) electrons. The van der Waals surface area contributed by atoms with Gasteiger partial charge in [-0.2, -0.15) is 0 Å². The Bertz CT molecular complexity index is 126. The topological polar surface area (TPSA) is 37.3 Å². The predicted molar refractivity (Wildman–Crippen MR) is 29.4 cm³/mol. The molecule has 2 heteroatoms. The van der Waals surface area contributed by atoms with Gasteiger partial charge in [0.25, 0.3) is 0 Å². The molecule has 1 unspecified atom stereocenters. The van der Waals surface area contributed by atoms with Crippen molar-refractivity contribution in [1.29, 1.82) is 0 Å². The van der Waals surface area contributed by atoms with Crippen LogP contribution in [-0.4, -0.2) is 17.0 Å². The first-order chi connectivity index (χ1) is 3.80. The second-order valence-corrected chi connectivity index (χ2v) is 1.88. The molecule has 0 bridgehead atoms. The molecule has 1 aliphatic rings. The first-order valence-corrected chi connectivity index (χ1v) is 2.68. The van der Waals surface area contributed by atoms with Gasteiger partial charge in [0, 0.05) is 6.42 Å². The van der Waals surface area contributed by atoms with Gasteiger partial charge in [-0.05, 0) is 6.42 Å². The number of hydrogen-bond donors (Lipinski definition) is 1. The molecule has 44 valence electrons. The fourth-order valence-corrected chi connectivity index (χ4v) is 0.706. The number of aliphatic hydroxyl groups excluding tert-OH is 1. The Morgan fingerprint density at radius 2 is 2.50 bits per heavy atom. The summed E-state index contributed by atoms with van der Waals surface area (Å²) in [5.41, 5.74) is 0. The van der Waals surface area contributed by atoms with Crippen molar-refractivity contribution in [2.24, 2.45) is 0 Å². The van der Waals surface area contributed by atoms with Gasteiger partial charge < -0.3 is 5.11 Å². The molecule has 0 aromatic carbocycles. The van der Waals surface area contributed by atoms with Crippen molar-refractivity contribution >= 4 is 5.78 Å². The predicted octanol–water partition coefficient (Wildman–Crippen LogP) is 0.266. The Kier molecular flexibility index (Phi) is 1.44. The van der Waals surface area contributed by atoms with Crippen LogP contribution in [0.25, 0.3) is 0 Å². The number of rotatable bonds is 0. The third-order valence-electron chi connectivity index (χ3n) is 1.21. The van der Waals surface area contributed by atoms with E-state index in [1.54, 1.807) is 0 Å². The van der Waals surface area contributed by atoms with Crippen LogP contribution in [0.1, 0.15) is 12.8 Å². The average molecular weight is 112 g/mol. The highest BCUT2D eigenvalue weighted by Crippen LogP contribution is 2.05. The molecule has 0 fully saturated rings. The normalized spacial score (nSPS) is 28.6. The van der Waals surface area contributed by atoms with Crippen LogP contribution in [0.5, 0.6) is 0 Å². The quantitative estimate of drug-likeness (QED) is 0.456. The zero-order valence-electron chi connectivity index (χ0n) is 4.50. The maximum absolute atomic E-state index is 10.5. The van der Waals surface area contributed by atoms with E-state index in [-0.39, 0.29) is 5.78 Å². The van der Waals surface area contributed by atoms with E-state index in [4.69, 9.17) is 5.11 Å². The van der Waals surface area contributed by atoms with E-state index in [0.29, 0.717) is 6.42 Å². The monoisotopic (exact) mass is 112 g/mol. The number of aliphatic hydroxyl groups is 1. The molecule has 1 aliphatic carbocycles. The summed E-state index contributed by atoms with van der Waals surface area (Å²) in [6.07, 6.45) is 3.83. The first-order valence-electron chi connectivity index (χ1n) is 2.68. The second kappa shape index (κ2) is 2.09. The highest BCUT2D eigenvalue weighted by molar-refractivity contribution is 5.85. The molecule has 0 aliphatic heterocycles. The van der Waals surface area contributed by atoms with Gasteiger partial charge in [0.15, 0.2) is 5.78 Å². The minimum atomic E-state index is -0.816. The number of carbonyl (C=O) groups excluding carboxylic acids is 1. The van der Waals surface area contributed by atoms with Crippen LogP contribution < -0.4 is 0 Å². The van der Waals surface area contributed by atoms with Gasteiger partial charge in [0.2, 0.25) is 0 Å². The molecule has 8 heavy (non-hydrogen) atoms. The molecule has 0 aromatic rings. The summed E-state index contributed by atoms with van der Waals surface area (Å²) >= 11 is 0. The van der Waals surface area contributed by atoms with Gasteiger partial charge in [0.05, 0.1) is 0 Å². The summed E-state index contributed by atoms with van der Waals surface area (Å²) in [6.45, 7) is 0. The van der Waals surface area contributed by atoms with Gasteiger partial charge in [-0.15, -0.1) is 0 Å². The van der Waals surface area contributed by atoms with Crippen molar-refractivity contribution in [3.8, 4) is 0 Å². The lowest BCUT2D eigenvalue weighted by molar-refractivity contribution is -0.125. The molecule has 0 aromatic heterocycles. The Morgan fingerprint density at radius 3 is 2.88 bits per heavy atom. The van der Waals surface area contributed by atoms with E-state index >= 15 is 0 Å². The van der Waals surface area contributed by atoms with E-state index in [2.05, 4.69) is 0 Å². The molecule has 1 rings (SSSR count). The van der Waals surface area contributed by atoms with Gasteiger partial charge in [-0.25, -0.2) is 0 Å². The lowest BCUT2D eigenvalue weighted by Crippen LogP contribution is -2.19. The van der Waals surface area contributed by atoms with Gasteiger partial charge in [0.1, 0.15) is 6.10 Å². The molecule has 0 heterocycles. The van der Waals surface area contributed by atoms with Crippen molar-refractivity contribution in [2.75, 3.05) is 0 Å². The Balaban J connectivity index is 2.60. The van der Waals surface area contributed by atoms with E-state index in [1.807, 2.05) is 6.08 Å². The lowest BCUT2D eigenvalue weighted by Gasteiger charge is -2.06. The lowest BCUT2D eigenvalue weighted by atomic mass is 10.0. The maximum atomic E-state index is 10.5. The maximum Gasteiger partial charge on any atom is 0.165 e. The third kappa shape index (κ3) is 0.954. The van der Waals surface area contributed by atoms with Gasteiger partial charge >= 0.3 is 0 Å². The molecule has 2 nitrogen and oxygen atoms in total. The van der Waals surface area contributed by atoms with E-state index in [1.165, 1.54) is 6.08 Å². The Morgan fingerprint density at radius 1 is 1.75 bits per heavy atom. The standard InChI is InChI=1S/C6H8O2/c7-5-3-1-2-4-6(5)8/h1,3,5,7H,2,4H2. The summed E-state index contributed by atoms with van der Waals surface area (Å²) in [7, 11) is 0. The van der Waals surface area contributed by atoms with Crippen molar-refractivity contribution in [2.45, 2.75) is 18.9 Å². The summed E-state index contributed by atoms with van der Waals surface area (Å²) < 4.78 is 0. The Hall–Kier alpha value is -0.630. The largest absolute Gasteiger partial charge is 0.381 e. The van der Waals surface area contributed by atoms with E-state index in [9.17, 15) is 4.79 Å². The zero-order chi connectivity index (χ0) is 5.98. The summed E-state index contributed by atoms with van der Waals surface area (Å²) in [5, 5.41) is 8.74.